The monoisotopic (exact) mass is 347 g/mol. The molecule has 0 atom stereocenters. The molecule has 26 heavy (non-hydrogen) atoms. The van der Waals surface area contributed by atoms with Crippen LogP contribution < -0.4 is 5.32 Å². The third-order valence-corrected chi connectivity index (χ3v) is 4.02. The summed E-state index contributed by atoms with van der Waals surface area (Å²) in [6, 6.07) is 11.6. The van der Waals surface area contributed by atoms with E-state index in [2.05, 4.69) is 25.6 Å². The molecule has 1 aromatic carbocycles. The van der Waals surface area contributed by atoms with Gasteiger partial charge < -0.3 is 0 Å². The summed E-state index contributed by atoms with van der Waals surface area (Å²) >= 11 is 0. The number of aromatic nitrogens is 6. The number of aromatic amines is 1. The molecule has 0 bridgehead atoms. The Kier molecular flexibility index (Phi) is 3.92. The molecule has 0 unspecified atom stereocenters. The van der Waals surface area contributed by atoms with Crippen LogP contribution in [0.5, 0.6) is 0 Å². The first-order valence-corrected chi connectivity index (χ1v) is 8.24. The zero-order valence-corrected chi connectivity index (χ0v) is 14.3. The average molecular weight is 347 g/mol. The van der Waals surface area contributed by atoms with Gasteiger partial charge in [-0.15, -0.1) is 0 Å². The molecule has 2 N–H and O–H groups in total. The predicted octanol–water partition coefficient (Wildman–Crippen LogP) is 3.05. The SMILES string of the molecule is CC(C)n1ncc2c(C(=O)Nc3ncn[nH]3)cc(-c3ccccc3)nc21. The molecule has 8 nitrogen and oxygen atoms in total. The highest BCUT2D eigenvalue weighted by molar-refractivity contribution is 6.12. The van der Waals surface area contributed by atoms with Crippen molar-refractivity contribution in [3.8, 4) is 11.3 Å². The van der Waals surface area contributed by atoms with E-state index in [9.17, 15) is 4.79 Å². The normalized spacial score (nSPS) is 11.2. The number of carbonyl (C=O) groups is 1. The Balaban J connectivity index is 1.88. The Morgan fingerprint density at radius 1 is 1.23 bits per heavy atom. The summed E-state index contributed by atoms with van der Waals surface area (Å²) < 4.78 is 1.81. The Hall–Kier alpha value is -3.55. The van der Waals surface area contributed by atoms with Gasteiger partial charge in [-0.05, 0) is 19.9 Å². The number of H-pyrrole nitrogens is 1. The van der Waals surface area contributed by atoms with Gasteiger partial charge in [0.15, 0.2) is 5.65 Å². The van der Waals surface area contributed by atoms with Crippen LogP contribution in [0.2, 0.25) is 0 Å². The van der Waals surface area contributed by atoms with Crippen molar-refractivity contribution in [3.05, 3.63) is 54.5 Å². The fourth-order valence-electron chi connectivity index (χ4n) is 2.78. The fraction of sp³-hybridized carbons (Fsp3) is 0.167. The van der Waals surface area contributed by atoms with Crippen LogP contribution in [0.25, 0.3) is 22.3 Å². The summed E-state index contributed by atoms with van der Waals surface area (Å²) in [5, 5.41) is 14.2. The van der Waals surface area contributed by atoms with Crippen LogP contribution in [0, 0.1) is 0 Å². The molecular formula is C18H17N7O. The second kappa shape index (κ2) is 6.40. The number of anilines is 1. The highest BCUT2D eigenvalue weighted by atomic mass is 16.1. The topological polar surface area (TPSA) is 101 Å². The summed E-state index contributed by atoms with van der Waals surface area (Å²) in [7, 11) is 0. The highest BCUT2D eigenvalue weighted by Crippen LogP contribution is 2.26. The quantitative estimate of drug-likeness (QED) is 0.591. The minimum atomic E-state index is -0.297. The summed E-state index contributed by atoms with van der Waals surface area (Å²) in [5.41, 5.74) is 2.80. The Morgan fingerprint density at radius 2 is 2.04 bits per heavy atom. The predicted molar refractivity (Wildman–Crippen MR) is 97.7 cm³/mol. The van der Waals surface area contributed by atoms with Gasteiger partial charge in [-0.3, -0.25) is 10.1 Å². The second-order valence-corrected chi connectivity index (χ2v) is 6.13. The van der Waals surface area contributed by atoms with Crippen molar-refractivity contribution in [2.24, 2.45) is 0 Å². The molecule has 0 spiro atoms. The lowest BCUT2D eigenvalue weighted by Crippen LogP contribution is -2.14. The molecular weight excluding hydrogens is 330 g/mol. The number of amides is 1. The standard InChI is InChI=1S/C18H17N7O/c1-11(2)25-16-14(9-21-25)13(17(26)23-18-19-10-20-24-18)8-15(22-16)12-6-4-3-5-7-12/h3-11H,1-2H3,(H2,19,20,23,24,26). The molecule has 0 aliphatic rings. The summed E-state index contributed by atoms with van der Waals surface area (Å²) in [4.78, 5) is 21.5. The second-order valence-electron chi connectivity index (χ2n) is 6.13. The van der Waals surface area contributed by atoms with Gasteiger partial charge in [0.05, 0.1) is 22.8 Å². The van der Waals surface area contributed by atoms with Crippen molar-refractivity contribution in [1.82, 2.24) is 29.9 Å². The molecule has 0 fully saturated rings. The van der Waals surface area contributed by atoms with Crippen molar-refractivity contribution in [2.75, 3.05) is 5.32 Å². The molecule has 0 radical (unpaired) electrons. The van der Waals surface area contributed by atoms with Gasteiger partial charge in [-0.1, -0.05) is 30.3 Å². The first kappa shape index (κ1) is 15.9. The van der Waals surface area contributed by atoms with E-state index in [0.717, 1.165) is 5.56 Å². The average Bonchev–Trinajstić information content (AvgIpc) is 3.30. The van der Waals surface area contributed by atoms with Crippen LogP contribution in [-0.4, -0.2) is 35.9 Å². The van der Waals surface area contributed by atoms with Gasteiger partial charge in [-0.25, -0.2) is 14.8 Å². The van der Waals surface area contributed by atoms with Crippen LogP contribution in [0.3, 0.4) is 0 Å². The summed E-state index contributed by atoms with van der Waals surface area (Å²) in [6.07, 6.45) is 3.01. The molecule has 4 aromatic rings. The minimum Gasteiger partial charge on any atom is -0.291 e. The van der Waals surface area contributed by atoms with Crippen LogP contribution in [0.4, 0.5) is 5.95 Å². The number of rotatable bonds is 4. The lowest BCUT2D eigenvalue weighted by atomic mass is 10.1. The van der Waals surface area contributed by atoms with Gasteiger partial charge in [0.2, 0.25) is 5.95 Å². The number of pyridine rings is 1. The van der Waals surface area contributed by atoms with E-state index in [-0.39, 0.29) is 17.9 Å². The third kappa shape index (κ3) is 2.81. The minimum absolute atomic E-state index is 0.121. The van der Waals surface area contributed by atoms with Crippen molar-refractivity contribution in [1.29, 1.82) is 0 Å². The van der Waals surface area contributed by atoms with E-state index in [4.69, 9.17) is 4.98 Å². The summed E-state index contributed by atoms with van der Waals surface area (Å²) in [6.45, 7) is 4.05. The van der Waals surface area contributed by atoms with Crippen molar-refractivity contribution in [3.63, 3.8) is 0 Å². The van der Waals surface area contributed by atoms with Crippen LogP contribution >= 0.6 is 0 Å². The van der Waals surface area contributed by atoms with E-state index in [1.807, 2.05) is 48.9 Å². The van der Waals surface area contributed by atoms with Crippen LogP contribution in [0.1, 0.15) is 30.2 Å². The maximum absolute atomic E-state index is 12.8. The highest BCUT2D eigenvalue weighted by Gasteiger charge is 2.19. The van der Waals surface area contributed by atoms with Gasteiger partial charge in [0, 0.05) is 11.6 Å². The molecule has 0 saturated carbocycles. The zero-order chi connectivity index (χ0) is 18.1. The van der Waals surface area contributed by atoms with Crippen molar-refractivity contribution in [2.45, 2.75) is 19.9 Å². The third-order valence-electron chi connectivity index (χ3n) is 4.02. The van der Waals surface area contributed by atoms with Crippen LogP contribution in [0.15, 0.2) is 48.9 Å². The van der Waals surface area contributed by atoms with Crippen LogP contribution in [-0.2, 0) is 0 Å². The Labute approximate surface area is 149 Å². The molecule has 3 heterocycles. The molecule has 130 valence electrons. The first-order chi connectivity index (χ1) is 12.6. The number of benzene rings is 1. The maximum Gasteiger partial charge on any atom is 0.258 e. The largest absolute Gasteiger partial charge is 0.291 e. The molecule has 4 rings (SSSR count). The van der Waals surface area contributed by atoms with E-state index >= 15 is 0 Å². The van der Waals surface area contributed by atoms with Gasteiger partial charge in [-0.2, -0.15) is 15.2 Å². The lowest BCUT2D eigenvalue weighted by Gasteiger charge is -2.10. The number of fused-ring (bicyclic) bond motifs is 1. The maximum atomic E-state index is 12.8. The molecule has 0 saturated heterocycles. The molecule has 3 aromatic heterocycles. The lowest BCUT2D eigenvalue weighted by molar-refractivity contribution is 0.102. The van der Waals surface area contributed by atoms with Gasteiger partial charge >= 0.3 is 0 Å². The van der Waals surface area contributed by atoms with E-state index in [1.165, 1.54) is 6.33 Å². The Morgan fingerprint density at radius 3 is 2.73 bits per heavy atom. The van der Waals surface area contributed by atoms with Crippen molar-refractivity contribution < 1.29 is 4.79 Å². The smallest absolute Gasteiger partial charge is 0.258 e. The van der Waals surface area contributed by atoms with E-state index in [1.54, 1.807) is 12.3 Å². The van der Waals surface area contributed by atoms with Gasteiger partial charge in [0.25, 0.3) is 5.91 Å². The number of nitrogens with one attached hydrogen (secondary N) is 2. The number of nitrogens with zero attached hydrogens (tertiary/aromatic N) is 5. The number of carbonyl (C=O) groups excluding carboxylic acids is 1. The molecule has 0 aliphatic heterocycles. The fourth-order valence-corrected chi connectivity index (χ4v) is 2.78. The van der Waals surface area contributed by atoms with E-state index < -0.39 is 0 Å². The summed E-state index contributed by atoms with van der Waals surface area (Å²) in [5.74, 6) is -0.00730. The molecule has 1 amide bonds. The molecule has 8 heteroatoms. The Bertz CT molecular complexity index is 1050. The number of hydrogen-bond acceptors (Lipinski definition) is 5. The first-order valence-electron chi connectivity index (χ1n) is 8.24. The van der Waals surface area contributed by atoms with Crippen molar-refractivity contribution >= 4 is 22.9 Å². The molecule has 0 aliphatic carbocycles. The van der Waals surface area contributed by atoms with E-state index in [0.29, 0.717) is 22.3 Å². The van der Waals surface area contributed by atoms with Gasteiger partial charge in [0.1, 0.15) is 6.33 Å². The number of hydrogen-bond donors (Lipinski definition) is 2. The zero-order valence-electron chi connectivity index (χ0n) is 14.3.